The van der Waals surface area contributed by atoms with Gasteiger partial charge in [-0.3, -0.25) is 9.69 Å². The summed E-state index contributed by atoms with van der Waals surface area (Å²) >= 11 is 0. The number of benzene rings is 3. The molecule has 5 rings (SSSR count). The van der Waals surface area contributed by atoms with Crippen molar-refractivity contribution in [2.75, 3.05) is 46.9 Å². The molecule has 3 aromatic carbocycles. The standard InChI is InChI=1S/C35H42N4O4/c1-26(2)31(33(41)43-4)36(3)34(42)38-22-14-21-37(23-24-38)32(40)30-25-39(30)35(27-15-8-5-9-16-27,28-17-10-6-11-18-28)29-19-12-7-13-20-29/h5-13,15-20,26,30-31H,14,21-25H2,1-4H3/t30?,31?,39-/m1/s1. The van der Waals surface area contributed by atoms with Crippen molar-refractivity contribution >= 4 is 17.9 Å². The first-order chi connectivity index (χ1) is 20.8. The highest BCUT2D eigenvalue weighted by molar-refractivity contribution is 5.86. The Morgan fingerprint density at radius 3 is 1.70 bits per heavy atom. The topological polar surface area (TPSA) is 73.2 Å². The van der Waals surface area contributed by atoms with E-state index in [-0.39, 0.29) is 23.9 Å². The third-order valence-corrected chi connectivity index (χ3v) is 8.77. The summed E-state index contributed by atoms with van der Waals surface area (Å²) < 4.78 is 4.96. The van der Waals surface area contributed by atoms with E-state index in [1.165, 1.54) is 12.0 Å². The van der Waals surface area contributed by atoms with Crippen LogP contribution in [0.4, 0.5) is 4.79 Å². The number of hydrogen-bond donors (Lipinski definition) is 0. The highest BCUT2D eigenvalue weighted by atomic mass is 16.5. The van der Waals surface area contributed by atoms with E-state index in [4.69, 9.17) is 4.74 Å². The minimum atomic E-state index is -0.666. The maximum atomic E-state index is 14.1. The molecule has 2 saturated heterocycles. The van der Waals surface area contributed by atoms with Gasteiger partial charge in [0.25, 0.3) is 0 Å². The molecule has 3 atom stereocenters. The first-order valence-corrected chi connectivity index (χ1v) is 15.1. The van der Waals surface area contributed by atoms with Crippen LogP contribution in [0.3, 0.4) is 0 Å². The summed E-state index contributed by atoms with van der Waals surface area (Å²) in [6.07, 6.45) is 0.670. The van der Waals surface area contributed by atoms with Gasteiger partial charge in [-0.05, 0) is 29.0 Å². The molecule has 3 amide bonds. The number of urea groups is 1. The van der Waals surface area contributed by atoms with Gasteiger partial charge in [0.05, 0.1) is 12.6 Å². The van der Waals surface area contributed by atoms with Crippen LogP contribution in [-0.4, -0.2) is 96.5 Å². The molecule has 0 radical (unpaired) electrons. The maximum Gasteiger partial charge on any atom is 0.328 e. The van der Waals surface area contributed by atoms with Gasteiger partial charge in [-0.2, -0.15) is 0 Å². The molecular weight excluding hydrogens is 540 g/mol. The average molecular weight is 583 g/mol. The van der Waals surface area contributed by atoms with Crippen molar-refractivity contribution in [3.63, 3.8) is 0 Å². The SMILES string of the molecule is COC(=O)C(C(C)C)N(C)C(=O)N1CCCN(C(=O)C2C[N@@]2C(c2ccccc2)(c2ccccc2)c2ccccc2)CC1. The summed E-state index contributed by atoms with van der Waals surface area (Å²) in [4.78, 5) is 47.4. The zero-order valence-corrected chi connectivity index (χ0v) is 25.6. The molecule has 2 aliphatic heterocycles. The molecule has 8 nitrogen and oxygen atoms in total. The fourth-order valence-corrected chi connectivity index (χ4v) is 6.64. The summed E-state index contributed by atoms with van der Waals surface area (Å²) in [7, 11) is 2.99. The van der Waals surface area contributed by atoms with E-state index in [0.717, 1.165) is 16.7 Å². The maximum absolute atomic E-state index is 14.1. The van der Waals surface area contributed by atoms with Crippen molar-refractivity contribution in [3.05, 3.63) is 108 Å². The molecule has 0 aliphatic carbocycles. The van der Waals surface area contributed by atoms with Gasteiger partial charge in [-0.15, -0.1) is 0 Å². The summed E-state index contributed by atoms with van der Waals surface area (Å²) in [5.41, 5.74) is 2.72. The average Bonchev–Trinajstić information content (AvgIpc) is 3.87. The summed E-state index contributed by atoms with van der Waals surface area (Å²) in [5, 5.41) is 0. The van der Waals surface area contributed by atoms with E-state index in [2.05, 4.69) is 77.7 Å². The number of hydrogen-bond acceptors (Lipinski definition) is 5. The van der Waals surface area contributed by atoms with Gasteiger partial charge in [0, 0.05) is 39.8 Å². The van der Waals surface area contributed by atoms with Crippen LogP contribution in [0.5, 0.6) is 0 Å². The quantitative estimate of drug-likeness (QED) is 0.223. The van der Waals surface area contributed by atoms with Crippen LogP contribution in [0.15, 0.2) is 91.0 Å². The van der Waals surface area contributed by atoms with Gasteiger partial charge in [0.1, 0.15) is 12.1 Å². The number of nitrogens with zero attached hydrogens (tertiary/aromatic N) is 4. The van der Waals surface area contributed by atoms with Crippen molar-refractivity contribution in [1.29, 1.82) is 0 Å². The molecule has 0 bridgehead atoms. The predicted octanol–water partition coefficient (Wildman–Crippen LogP) is 4.45. The number of carbonyl (C=O) groups excluding carboxylic acids is 3. The molecule has 8 heteroatoms. The molecule has 0 N–H and O–H groups in total. The zero-order valence-electron chi connectivity index (χ0n) is 25.6. The van der Waals surface area contributed by atoms with E-state index in [0.29, 0.717) is 39.1 Å². The number of rotatable bonds is 8. The van der Waals surface area contributed by atoms with Crippen LogP contribution in [0.2, 0.25) is 0 Å². The van der Waals surface area contributed by atoms with E-state index in [9.17, 15) is 14.4 Å². The minimum Gasteiger partial charge on any atom is -0.467 e. The molecule has 2 heterocycles. The molecule has 2 fully saturated rings. The highest BCUT2D eigenvalue weighted by Crippen LogP contribution is 2.48. The molecule has 0 aromatic heterocycles. The smallest absolute Gasteiger partial charge is 0.328 e. The van der Waals surface area contributed by atoms with E-state index in [1.54, 1.807) is 11.9 Å². The lowest BCUT2D eigenvalue weighted by Gasteiger charge is -2.38. The monoisotopic (exact) mass is 582 g/mol. The van der Waals surface area contributed by atoms with Crippen molar-refractivity contribution < 1.29 is 19.1 Å². The predicted molar refractivity (Wildman–Crippen MR) is 166 cm³/mol. The Morgan fingerprint density at radius 1 is 0.767 bits per heavy atom. The first-order valence-electron chi connectivity index (χ1n) is 15.1. The molecule has 0 saturated carbocycles. The Kier molecular flexibility index (Phi) is 9.16. The van der Waals surface area contributed by atoms with Gasteiger partial charge in [0.2, 0.25) is 5.91 Å². The molecule has 2 aliphatic rings. The minimum absolute atomic E-state index is 0.0874. The number of ether oxygens (including phenoxy) is 1. The first kappa shape index (κ1) is 30.3. The lowest BCUT2D eigenvalue weighted by atomic mass is 9.76. The number of esters is 1. The largest absolute Gasteiger partial charge is 0.467 e. The summed E-state index contributed by atoms with van der Waals surface area (Å²) in [5.74, 6) is -0.430. The van der Waals surface area contributed by atoms with Crippen molar-refractivity contribution in [3.8, 4) is 0 Å². The van der Waals surface area contributed by atoms with Gasteiger partial charge in [-0.25, -0.2) is 9.59 Å². The number of amides is 3. The van der Waals surface area contributed by atoms with Crippen molar-refractivity contribution in [2.45, 2.75) is 37.9 Å². The second-order valence-corrected chi connectivity index (χ2v) is 11.7. The molecule has 226 valence electrons. The zero-order chi connectivity index (χ0) is 30.6. The fourth-order valence-electron chi connectivity index (χ4n) is 6.64. The van der Waals surface area contributed by atoms with Crippen LogP contribution in [0.1, 0.15) is 37.0 Å². The lowest BCUT2D eigenvalue weighted by Crippen LogP contribution is -2.52. The molecule has 43 heavy (non-hydrogen) atoms. The lowest BCUT2D eigenvalue weighted by molar-refractivity contribution is -0.147. The third-order valence-electron chi connectivity index (χ3n) is 8.77. The Labute approximate surface area is 254 Å². The van der Waals surface area contributed by atoms with Crippen LogP contribution in [0, 0.1) is 5.92 Å². The van der Waals surface area contributed by atoms with Crippen molar-refractivity contribution in [1.82, 2.24) is 19.6 Å². The molecule has 2 unspecified atom stereocenters. The molecule has 0 spiro atoms. The van der Waals surface area contributed by atoms with E-state index >= 15 is 0 Å². The summed E-state index contributed by atoms with van der Waals surface area (Å²) in [6, 6.07) is 30.1. The highest BCUT2D eigenvalue weighted by Gasteiger charge is 2.56. The van der Waals surface area contributed by atoms with Gasteiger partial charge < -0.3 is 19.4 Å². The number of methoxy groups -OCH3 is 1. The Balaban J connectivity index is 1.37. The van der Waals surface area contributed by atoms with Gasteiger partial charge in [0.15, 0.2) is 0 Å². The number of carbonyl (C=O) groups is 3. The van der Waals surface area contributed by atoms with E-state index < -0.39 is 17.6 Å². The van der Waals surface area contributed by atoms with Gasteiger partial charge in [-0.1, -0.05) is 105 Å². The third kappa shape index (κ3) is 5.89. The van der Waals surface area contributed by atoms with Crippen LogP contribution in [0.25, 0.3) is 0 Å². The van der Waals surface area contributed by atoms with Gasteiger partial charge >= 0.3 is 12.0 Å². The van der Waals surface area contributed by atoms with Crippen LogP contribution < -0.4 is 0 Å². The Morgan fingerprint density at radius 2 is 1.23 bits per heavy atom. The van der Waals surface area contributed by atoms with Crippen molar-refractivity contribution in [2.24, 2.45) is 5.92 Å². The fraction of sp³-hybridized carbons (Fsp3) is 0.400. The molecular formula is C35H42N4O4. The van der Waals surface area contributed by atoms with Crippen LogP contribution in [-0.2, 0) is 19.9 Å². The normalized spacial score (nSPS) is 19.4. The second-order valence-electron chi connectivity index (χ2n) is 11.7. The molecule has 3 aromatic rings. The summed E-state index contributed by atoms with van der Waals surface area (Å²) in [6.45, 7) is 6.39. The Hall–Kier alpha value is -4.17. The second kappa shape index (κ2) is 13.0. The Bertz CT molecular complexity index is 1300. The van der Waals surface area contributed by atoms with E-state index in [1.807, 2.05) is 36.9 Å². The van der Waals surface area contributed by atoms with Crippen LogP contribution >= 0.6 is 0 Å². The number of likely N-dealkylation sites (N-methyl/N-ethyl adjacent to an activating group) is 1.